The minimum Gasteiger partial charge on any atom is -0.352 e. The average Bonchev–Trinajstić information content (AvgIpc) is 2.40. The Morgan fingerprint density at radius 3 is 3.17 bits per heavy atom. The van der Waals surface area contributed by atoms with E-state index >= 15 is 0 Å². The van der Waals surface area contributed by atoms with Gasteiger partial charge in [0.05, 0.1) is 0 Å². The van der Waals surface area contributed by atoms with E-state index in [-0.39, 0.29) is 6.04 Å². The summed E-state index contributed by atoms with van der Waals surface area (Å²) in [4.78, 5) is 7.04. The summed E-state index contributed by atoms with van der Waals surface area (Å²) in [6.45, 7) is 5.52. The molecule has 3 nitrogen and oxygen atoms in total. The van der Waals surface area contributed by atoms with E-state index in [9.17, 15) is 0 Å². The van der Waals surface area contributed by atoms with Crippen molar-refractivity contribution >= 4 is 17.6 Å². The molecule has 100 valence electrons. The molecule has 1 fully saturated rings. The van der Waals surface area contributed by atoms with Crippen molar-refractivity contribution in [3.63, 3.8) is 0 Å². The first-order valence-electron chi connectivity index (χ1n) is 6.76. The molecule has 18 heavy (non-hydrogen) atoms. The molecule has 2 rings (SSSR count). The van der Waals surface area contributed by atoms with Crippen molar-refractivity contribution < 1.29 is 0 Å². The van der Waals surface area contributed by atoms with Gasteiger partial charge in [-0.15, -0.1) is 0 Å². The molecule has 4 heteroatoms. The summed E-state index contributed by atoms with van der Waals surface area (Å²) in [7, 11) is 0. The van der Waals surface area contributed by atoms with Gasteiger partial charge in [0.2, 0.25) is 0 Å². The molecule has 0 aromatic carbocycles. The Morgan fingerprint density at radius 1 is 1.61 bits per heavy atom. The molecule has 1 aromatic heterocycles. The van der Waals surface area contributed by atoms with E-state index in [4.69, 9.17) is 5.73 Å². The van der Waals surface area contributed by atoms with Gasteiger partial charge >= 0.3 is 0 Å². The van der Waals surface area contributed by atoms with Gasteiger partial charge < -0.3 is 10.6 Å². The minimum absolute atomic E-state index is 0.238. The molecule has 2 heterocycles. The summed E-state index contributed by atoms with van der Waals surface area (Å²) >= 11 is 2.03. The van der Waals surface area contributed by atoms with Gasteiger partial charge in [-0.3, -0.25) is 0 Å². The van der Waals surface area contributed by atoms with E-state index in [1.54, 1.807) is 0 Å². The highest BCUT2D eigenvalue weighted by atomic mass is 32.2. The fraction of sp³-hybridized carbons (Fsp3) is 0.643. The third kappa shape index (κ3) is 3.18. The van der Waals surface area contributed by atoms with Crippen LogP contribution in [0.15, 0.2) is 18.3 Å². The molecular formula is C14H23N3S. The number of nitrogens with zero attached hydrogens (tertiary/aromatic N) is 2. The third-order valence-electron chi connectivity index (χ3n) is 3.51. The van der Waals surface area contributed by atoms with Crippen LogP contribution < -0.4 is 10.6 Å². The average molecular weight is 265 g/mol. The molecule has 1 saturated heterocycles. The summed E-state index contributed by atoms with van der Waals surface area (Å²) in [5, 5.41) is 0. The van der Waals surface area contributed by atoms with Crippen LogP contribution in [-0.2, 0) is 6.42 Å². The molecule has 2 atom stereocenters. The highest BCUT2D eigenvalue weighted by molar-refractivity contribution is 7.99. The largest absolute Gasteiger partial charge is 0.352 e. The topological polar surface area (TPSA) is 42.1 Å². The number of nitrogens with two attached hydrogens (primary N) is 1. The molecular weight excluding hydrogens is 242 g/mol. The molecule has 0 amide bonds. The quantitative estimate of drug-likeness (QED) is 0.907. The van der Waals surface area contributed by atoms with Gasteiger partial charge in [0.15, 0.2) is 0 Å². The second-order valence-electron chi connectivity index (χ2n) is 4.98. The molecule has 2 unspecified atom stereocenters. The highest BCUT2D eigenvalue weighted by Crippen LogP contribution is 2.25. The molecule has 1 aromatic rings. The van der Waals surface area contributed by atoms with E-state index in [1.807, 2.05) is 24.0 Å². The van der Waals surface area contributed by atoms with Crippen LogP contribution in [0.2, 0.25) is 0 Å². The summed E-state index contributed by atoms with van der Waals surface area (Å²) < 4.78 is 0. The Bertz CT molecular complexity index is 383. The smallest absolute Gasteiger partial charge is 0.132 e. The fourth-order valence-corrected chi connectivity index (χ4v) is 3.33. The van der Waals surface area contributed by atoms with Gasteiger partial charge in [0, 0.05) is 36.3 Å². The zero-order valence-electron chi connectivity index (χ0n) is 11.3. The van der Waals surface area contributed by atoms with Crippen molar-refractivity contribution in [2.45, 2.75) is 38.8 Å². The van der Waals surface area contributed by atoms with Crippen molar-refractivity contribution in [3.05, 3.63) is 23.9 Å². The van der Waals surface area contributed by atoms with Gasteiger partial charge in [-0.05, 0) is 31.4 Å². The lowest BCUT2D eigenvalue weighted by molar-refractivity contribution is 0.634. The van der Waals surface area contributed by atoms with E-state index in [0.29, 0.717) is 6.04 Å². The normalized spacial score (nSPS) is 21.9. The molecule has 1 aliphatic rings. The number of pyridine rings is 1. The van der Waals surface area contributed by atoms with Gasteiger partial charge in [-0.25, -0.2) is 4.98 Å². The lowest BCUT2D eigenvalue weighted by atomic mass is 10.0. The lowest BCUT2D eigenvalue weighted by Gasteiger charge is -2.35. The van der Waals surface area contributed by atoms with Crippen LogP contribution in [0.3, 0.4) is 0 Å². The second kappa shape index (κ2) is 6.43. The molecule has 0 spiro atoms. The maximum Gasteiger partial charge on any atom is 0.132 e. The van der Waals surface area contributed by atoms with Crippen molar-refractivity contribution in [2.24, 2.45) is 5.73 Å². The van der Waals surface area contributed by atoms with E-state index < -0.39 is 0 Å². The van der Waals surface area contributed by atoms with Crippen LogP contribution in [0.1, 0.15) is 25.8 Å². The standard InChI is InChI=1S/C14H23N3S/c1-3-13(15)9-12-5-4-6-16-14(12)17-7-8-18-10-11(17)2/h4-6,11,13H,3,7-10,15H2,1-2H3. The van der Waals surface area contributed by atoms with Crippen LogP contribution >= 0.6 is 11.8 Å². The van der Waals surface area contributed by atoms with E-state index in [0.717, 1.165) is 25.2 Å². The van der Waals surface area contributed by atoms with E-state index in [1.165, 1.54) is 17.1 Å². The number of anilines is 1. The first-order valence-corrected chi connectivity index (χ1v) is 7.91. The predicted octanol–water partition coefficient (Wildman–Crippen LogP) is 2.30. The fourth-order valence-electron chi connectivity index (χ4n) is 2.32. The van der Waals surface area contributed by atoms with Crippen molar-refractivity contribution in [3.8, 4) is 0 Å². The van der Waals surface area contributed by atoms with Crippen molar-refractivity contribution in [1.82, 2.24) is 4.98 Å². The number of thioether (sulfide) groups is 1. The maximum absolute atomic E-state index is 6.09. The number of hydrogen-bond acceptors (Lipinski definition) is 4. The lowest BCUT2D eigenvalue weighted by Crippen LogP contribution is -2.41. The molecule has 0 aliphatic carbocycles. The van der Waals surface area contributed by atoms with Gasteiger partial charge in [-0.1, -0.05) is 13.0 Å². The summed E-state index contributed by atoms with van der Waals surface area (Å²) in [6, 6.07) is 4.99. The van der Waals surface area contributed by atoms with Crippen LogP contribution in [0.25, 0.3) is 0 Å². The van der Waals surface area contributed by atoms with Gasteiger partial charge in [-0.2, -0.15) is 11.8 Å². The maximum atomic E-state index is 6.09. The Balaban J connectivity index is 2.20. The molecule has 1 aliphatic heterocycles. The summed E-state index contributed by atoms with van der Waals surface area (Å²) in [6.07, 6.45) is 3.83. The predicted molar refractivity (Wildman–Crippen MR) is 80.3 cm³/mol. The number of hydrogen-bond donors (Lipinski definition) is 1. The summed E-state index contributed by atoms with van der Waals surface area (Å²) in [5.41, 5.74) is 7.38. The Hall–Kier alpha value is -0.740. The minimum atomic E-state index is 0.238. The zero-order valence-corrected chi connectivity index (χ0v) is 12.1. The van der Waals surface area contributed by atoms with Crippen LogP contribution in [-0.4, -0.2) is 35.1 Å². The molecule has 0 saturated carbocycles. The number of aromatic nitrogens is 1. The Labute approximate surface area is 114 Å². The monoisotopic (exact) mass is 265 g/mol. The summed E-state index contributed by atoms with van der Waals surface area (Å²) in [5.74, 6) is 3.53. The van der Waals surface area contributed by atoms with Crippen molar-refractivity contribution in [2.75, 3.05) is 23.0 Å². The molecule has 0 bridgehead atoms. The highest BCUT2D eigenvalue weighted by Gasteiger charge is 2.22. The van der Waals surface area contributed by atoms with Crippen molar-refractivity contribution in [1.29, 1.82) is 0 Å². The first kappa shape index (κ1) is 13.7. The first-order chi connectivity index (χ1) is 8.72. The SMILES string of the molecule is CCC(N)Cc1cccnc1N1CCSCC1C. The van der Waals surface area contributed by atoms with Gasteiger partial charge in [0.1, 0.15) is 5.82 Å². The second-order valence-corrected chi connectivity index (χ2v) is 6.13. The zero-order chi connectivity index (χ0) is 13.0. The Kier molecular flexibility index (Phi) is 4.89. The van der Waals surface area contributed by atoms with Crippen LogP contribution in [0, 0.1) is 0 Å². The van der Waals surface area contributed by atoms with Crippen LogP contribution in [0.4, 0.5) is 5.82 Å². The van der Waals surface area contributed by atoms with Gasteiger partial charge in [0.25, 0.3) is 0 Å². The third-order valence-corrected chi connectivity index (χ3v) is 4.70. The molecule has 0 radical (unpaired) electrons. The van der Waals surface area contributed by atoms with E-state index in [2.05, 4.69) is 29.8 Å². The van der Waals surface area contributed by atoms with Crippen LogP contribution in [0.5, 0.6) is 0 Å². The molecule has 2 N–H and O–H groups in total. The Morgan fingerprint density at radius 2 is 2.44 bits per heavy atom. The number of rotatable bonds is 4.